The molecule has 1 heterocycles. The molecule has 2 amide bonds. The normalized spacial score (nSPS) is 14.3. The van der Waals surface area contributed by atoms with Crippen LogP contribution in [-0.4, -0.2) is 67.9 Å². The zero-order valence-electron chi connectivity index (χ0n) is 13.0. The van der Waals surface area contributed by atoms with Crippen molar-refractivity contribution in [3.05, 3.63) is 29.3 Å². The molecule has 1 aromatic carbocycles. The second kappa shape index (κ2) is 9.72. The SMILES string of the molecule is CN(CC(=O)Nc1ccc(Cl)cc1)CC(=O)N1CCNCC1.Cl. The van der Waals surface area contributed by atoms with Crippen molar-refractivity contribution < 1.29 is 9.59 Å². The summed E-state index contributed by atoms with van der Waals surface area (Å²) in [5, 5.41) is 6.61. The fourth-order valence-electron chi connectivity index (χ4n) is 2.28. The molecule has 2 rings (SSSR count). The molecule has 1 aromatic rings. The molecular weight excluding hydrogens is 339 g/mol. The van der Waals surface area contributed by atoms with Gasteiger partial charge in [0.05, 0.1) is 13.1 Å². The summed E-state index contributed by atoms with van der Waals surface area (Å²) in [7, 11) is 1.77. The summed E-state index contributed by atoms with van der Waals surface area (Å²) >= 11 is 5.80. The summed E-state index contributed by atoms with van der Waals surface area (Å²) in [6.45, 7) is 3.51. The third kappa shape index (κ3) is 6.74. The smallest absolute Gasteiger partial charge is 0.238 e. The first kappa shape index (κ1) is 19.7. The van der Waals surface area contributed by atoms with Crippen molar-refractivity contribution in [3.63, 3.8) is 0 Å². The minimum Gasteiger partial charge on any atom is -0.339 e. The molecule has 0 aromatic heterocycles. The van der Waals surface area contributed by atoms with Gasteiger partial charge in [-0.3, -0.25) is 14.5 Å². The number of anilines is 1. The van der Waals surface area contributed by atoms with E-state index in [2.05, 4.69) is 10.6 Å². The van der Waals surface area contributed by atoms with Crippen molar-refractivity contribution in [3.8, 4) is 0 Å². The summed E-state index contributed by atoms with van der Waals surface area (Å²) in [6.07, 6.45) is 0. The van der Waals surface area contributed by atoms with E-state index >= 15 is 0 Å². The van der Waals surface area contributed by atoms with E-state index in [1.54, 1.807) is 36.2 Å². The summed E-state index contributed by atoms with van der Waals surface area (Å²) < 4.78 is 0. The van der Waals surface area contributed by atoms with Gasteiger partial charge in [0.2, 0.25) is 11.8 Å². The fraction of sp³-hybridized carbons (Fsp3) is 0.467. The third-order valence-corrected chi connectivity index (χ3v) is 3.67. The number of piperazine rings is 1. The molecule has 6 nitrogen and oxygen atoms in total. The molecule has 0 atom stereocenters. The van der Waals surface area contributed by atoms with Crippen molar-refractivity contribution in [1.29, 1.82) is 0 Å². The number of nitrogens with zero attached hydrogens (tertiary/aromatic N) is 2. The van der Waals surface area contributed by atoms with Crippen LogP contribution in [0.5, 0.6) is 0 Å². The molecule has 0 radical (unpaired) electrons. The van der Waals surface area contributed by atoms with Crippen LogP contribution in [0.4, 0.5) is 5.69 Å². The quantitative estimate of drug-likeness (QED) is 0.824. The molecule has 128 valence electrons. The summed E-state index contributed by atoms with van der Waals surface area (Å²) in [5.41, 5.74) is 0.691. The zero-order chi connectivity index (χ0) is 15.9. The molecule has 1 aliphatic heterocycles. The maximum atomic E-state index is 12.1. The van der Waals surface area contributed by atoms with E-state index < -0.39 is 0 Å². The van der Waals surface area contributed by atoms with Crippen molar-refractivity contribution in [1.82, 2.24) is 15.1 Å². The van der Waals surface area contributed by atoms with Gasteiger partial charge in [0.25, 0.3) is 0 Å². The van der Waals surface area contributed by atoms with E-state index in [1.807, 2.05) is 4.90 Å². The average Bonchev–Trinajstić information content (AvgIpc) is 2.50. The minimum atomic E-state index is -0.155. The van der Waals surface area contributed by atoms with Crippen LogP contribution in [0.3, 0.4) is 0 Å². The van der Waals surface area contributed by atoms with Gasteiger partial charge in [-0.15, -0.1) is 12.4 Å². The van der Waals surface area contributed by atoms with E-state index in [-0.39, 0.29) is 37.3 Å². The van der Waals surface area contributed by atoms with Crippen LogP contribution in [-0.2, 0) is 9.59 Å². The number of nitrogens with one attached hydrogen (secondary N) is 2. The molecule has 0 aliphatic carbocycles. The second-order valence-electron chi connectivity index (χ2n) is 5.36. The molecule has 0 spiro atoms. The number of benzene rings is 1. The predicted molar refractivity (Wildman–Crippen MR) is 94.3 cm³/mol. The number of halogens is 2. The van der Waals surface area contributed by atoms with E-state index in [0.29, 0.717) is 10.7 Å². The van der Waals surface area contributed by atoms with Gasteiger partial charge >= 0.3 is 0 Å². The second-order valence-corrected chi connectivity index (χ2v) is 5.79. The van der Waals surface area contributed by atoms with Gasteiger partial charge in [0, 0.05) is 36.9 Å². The standard InChI is InChI=1S/C15H21ClN4O2.ClH/c1-19(11-15(22)20-8-6-17-7-9-20)10-14(21)18-13-4-2-12(16)3-5-13;/h2-5,17H,6-11H2,1H3,(H,18,21);1H. The Hall–Kier alpha value is -1.34. The Bertz CT molecular complexity index is 519. The van der Waals surface area contributed by atoms with Crippen molar-refractivity contribution >= 4 is 41.5 Å². The lowest BCUT2D eigenvalue weighted by Gasteiger charge is -2.29. The maximum Gasteiger partial charge on any atom is 0.238 e. The van der Waals surface area contributed by atoms with Crippen LogP contribution in [0.15, 0.2) is 24.3 Å². The van der Waals surface area contributed by atoms with Gasteiger partial charge in [-0.05, 0) is 31.3 Å². The van der Waals surface area contributed by atoms with Gasteiger partial charge in [-0.25, -0.2) is 0 Å². The summed E-state index contributed by atoms with van der Waals surface area (Å²) in [5.74, 6) is -0.0961. The molecule has 1 fully saturated rings. The van der Waals surface area contributed by atoms with E-state index in [4.69, 9.17) is 11.6 Å². The first-order valence-electron chi connectivity index (χ1n) is 7.27. The van der Waals surface area contributed by atoms with E-state index in [9.17, 15) is 9.59 Å². The topological polar surface area (TPSA) is 64.7 Å². The molecule has 8 heteroatoms. The molecule has 0 saturated carbocycles. The van der Waals surface area contributed by atoms with Crippen LogP contribution in [0, 0.1) is 0 Å². The van der Waals surface area contributed by atoms with Crippen LogP contribution < -0.4 is 10.6 Å². The molecule has 1 aliphatic rings. The molecule has 0 bridgehead atoms. The van der Waals surface area contributed by atoms with Crippen molar-refractivity contribution in [2.45, 2.75) is 0 Å². The average molecular weight is 361 g/mol. The van der Waals surface area contributed by atoms with E-state index in [1.165, 1.54) is 0 Å². The lowest BCUT2D eigenvalue weighted by atomic mass is 10.3. The van der Waals surface area contributed by atoms with Gasteiger partial charge in [0.1, 0.15) is 0 Å². The highest BCUT2D eigenvalue weighted by Crippen LogP contribution is 2.13. The summed E-state index contributed by atoms with van der Waals surface area (Å²) in [6, 6.07) is 6.92. The first-order chi connectivity index (χ1) is 10.5. The Kier molecular flexibility index (Phi) is 8.33. The Morgan fingerprint density at radius 3 is 2.43 bits per heavy atom. The molecule has 2 N–H and O–H groups in total. The highest BCUT2D eigenvalue weighted by Gasteiger charge is 2.18. The Balaban J connectivity index is 0.00000264. The number of hydrogen-bond donors (Lipinski definition) is 2. The largest absolute Gasteiger partial charge is 0.339 e. The number of carbonyl (C=O) groups is 2. The number of amides is 2. The Labute approximate surface area is 147 Å². The van der Waals surface area contributed by atoms with Gasteiger partial charge in [-0.1, -0.05) is 11.6 Å². The lowest BCUT2D eigenvalue weighted by Crippen LogP contribution is -2.49. The number of rotatable bonds is 5. The van der Waals surface area contributed by atoms with Crippen LogP contribution in [0.1, 0.15) is 0 Å². The molecular formula is C15H22Cl2N4O2. The predicted octanol–water partition coefficient (Wildman–Crippen LogP) is 1.06. The van der Waals surface area contributed by atoms with Crippen molar-refractivity contribution in [2.24, 2.45) is 0 Å². The number of likely N-dealkylation sites (N-methyl/N-ethyl adjacent to an activating group) is 1. The highest BCUT2D eigenvalue weighted by molar-refractivity contribution is 6.30. The van der Waals surface area contributed by atoms with Gasteiger partial charge in [-0.2, -0.15) is 0 Å². The number of carbonyl (C=O) groups excluding carboxylic acids is 2. The monoisotopic (exact) mass is 360 g/mol. The van der Waals surface area contributed by atoms with Crippen LogP contribution in [0.2, 0.25) is 5.02 Å². The van der Waals surface area contributed by atoms with Crippen molar-refractivity contribution in [2.75, 3.05) is 51.6 Å². The Morgan fingerprint density at radius 2 is 1.83 bits per heavy atom. The van der Waals surface area contributed by atoms with Crippen LogP contribution >= 0.6 is 24.0 Å². The third-order valence-electron chi connectivity index (χ3n) is 3.42. The molecule has 23 heavy (non-hydrogen) atoms. The minimum absolute atomic E-state index is 0. The number of hydrogen-bond acceptors (Lipinski definition) is 4. The van der Waals surface area contributed by atoms with Gasteiger partial charge in [0.15, 0.2) is 0 Å². The summed E-state index contributed by atoms with van der Waals surface area (Å²) in [4.78, 5) is 27.6. The fourth-order valence-corrected chi connectivity index (χ4v) is 2.41. The lowest BCUT2D eigenvalue weighted by molar-refractivity contribution is -0.133. The molecule has 0 unspecified atom stereocenters. The molecule has 1 saturated heterocycles. The van der Waals surface area contributed by atoms with E-state index in [0.717, 1.165) is 26.2 Å². The van der Waals surface area contributed by atoms with Gasteiger partial charge < -0.3 is 15.5 Å². The highest BCUT2D eigenvalue weighted by atomic mass is 35.5. The Morgan fingerprint density at radius 1 is 1.22 bits per heavy atom. The first-order valence-corrected chi connectivity index (χ1v) is 7.65. The zero-order valence-corrected chi connectivity index (χ0v) is 14.6. The van der Waals surface area contributed by atoms with Crippen LogP contribution in [0.25, 0.3) is 0 Å². The maximum absolute atomic E-state index is 12.1.